The summed E-state index contributed by atoms with van der Waals surface area (Å²) in [6, 6.07) is 2.78. The van der Waals surface area contributed by atoms with E-state index in [2.05, 4.69) is 4.99 Å². The molecule has 0 bridgehead atoms. The Morgan fingerprint density at radius 3 is 2.18 bits per heavy atom. The van der Waals surface area contributed by atoms with Crippen LogP contribution in [0, 0.1) is 0 Å². The van der Waals surface area contributed by atoms with Gasteiger partial charge in [-0.15, -0.1) is 0 Å². The van der Waals surface area contributed by atoms with Crippen LogP contribution >= 0.6 is 23.2 Å². The summed E-state index contributed by atoms with van der Waals surface area (Å²) in [5.41, 5.74) is 22.0. The van der Waals surface area contributed by atoms with E-state index in [4.69, 9.17) is 46.1 Å². The first-order valence-electron chi connectivity index (χ1n) is 4.36. The number of nitrogens with two attached hydrogens (primary N) is 4. The van der Waals surface area contributed by atoms with E-state index in [9.17, 15) is 5.11 Å². The molecule has 92 valence electrons. The lowest BCUT2D eigenvalue weighted by atomic mass is 10.1. The third-order valence-corrected chi connectivity index (χ3v) is 2.75. The van der Waals surface area contributed by atoms with Crippen molar-refractivity contribution in [1.82, 2.24) is 0 Å². The van der Waals surface area contributed by atoms with Gasteiger partial charge in [0.2, 0.25) is 0 Å². The largest absolute Gasteiger partial charge is 0.506 e. The molecule has 0 unspecified atom stereocenters. The summed E-state index contributed by atoms with van der Waals surface area (Å²) >= 11 is 11.7. The van der Waals surface area contributed by atoms with E-state index in [-0.39, 0.29) is 33.3 Å². The quantitative estimate of drug-likeness (QED) is 0.396. The van der Waals surface area contributed by atoms with Gasteiger partial charge in [-0.05, 0) is 12.1 Å². The molecule has 0 amide bonds. The van der Waals surface area contributed by atoms with Gasteiger partial charge in [0.1, 0.15) is 10.8 Å². The zero-order chi connectivity index (χ0) is 13.2. The molecule has 1 rings (SSSR count). The molecule has 1 aromatic rings. The van der Waals surface area contributed by atoms with E-state index < -0.39 is 0 Å². The van der Waals surface area contributed by atoms with E-state index in [0.717, 1.165) is 0 Å². The van der Waals surface area contributed by atoms with Crippen molar-refractivity contribution in [3.63, 3.8) is 0 Å². The summed E-state index contributed by atoms with van der Waals surface area (Å²) in [7, 11) is 0. The Kier molecular flexibility index (Phi) is 3.93. The normalized spacial score (nSPS) is 11.9. The number of guanidine groups is 1. The Morgan fingerprint density at radius 2 is 1.65 bits per heavy atom. The fourth-order valence-corrected chi connectivity index (χ4v) is 1.51. The second-order valence-corrected chi connectivity index (χ2v) is 3.85. The van der Waals surface area contributed by atoms with Crippen molar-refractivity contribution in [2.75, 3.05) is 0 Å². The van der Waals surface area contributed by atoms with E-state index in [0.29, 0.717) is 5.56 Å². The first kappa shape index (κ1) is 13.3. The predicted octanol–water partition coefficient (Wildman–Crippen LogP) is 0.516. The minimum Gasteiger partial charge on any atom is -0.506 e. The van der Waals surface area contributed by atoms with E-state index in [1.165, 1.54) is 12.1 Å². The molecule has 0 saturated heterocycles. The molecule has 0 aromatic heterocycles. The number of hydrogen-bond donors (Lipinski definition) is 5. The Hall–Kier alpha value is -1.79. The molecule has 0 radical (unpaired) electrons. The van der Waals surface area contributed by atoms with E-state index in [1.54, 1.807) is 0 Å². The lowest BCUT2D eigenvalue weighted by molar-refractivity contribution is 0.475. The molecule has 0 aliphatic carbocycles. The van der Waals surface area contributed by atoms with Gasteiger partial charge in [-0.25, -0.2) is 0 Å². The predicted molar refractivity (Wildman–Crippen MR) is 69.2 cm³/mol. The van der Waals surface area contributed by atoms with Crippen LogP contribution in [0.15, 0.2) is 22.9 Å². The molecule has 17 heavy (non-hydrogen) atoms. The van der Waals surface area contributed by atoms with Gasteiger partial charge in [0.25, 0.3) is 0 Å². The highest BCUT2D eigenvalue weighted by Gasteiger charge is 2.13. The Bertz CT molecular complexity index is 508. The van der Waals surface area contributed by atoms with Crippen molar-refractivity contribution in [3.8, 4) is 5.75 Å². The zero-order valence-corrected chi connectivity index (χ0v) is 10.1. The first-order chi connectivity index (χ1) is 7.84. The van der Waals surface area contributed by atoms with Crippen LogP contribution in [0.4, 0.5) is 0 Å². The topological polar surface area (TPSA) is 137 Å². The summed E-state index contributed by atoms with van der Waals surface area (Å²) < 4.78 is 0. The smallest absolute Gasteiger partial charge is 0.192 e. The molecule has 0 aliphatic heterocycles. The average molecular weight is 276 g/mol. The molecule has 6 nitrogen and oxygen atoms in total. The highest BCUT2D eigenvalue weighted by Crippen LogP contribution is 2.35. The van der Waals surface area contributed by atoms with Crippen molar-refractivity contribution >= 4 is 34.9 Å². The number of phenolic OH excluding ortho intramolecular Hbond substituents is 1. The molecule has 8 heteroatoms. The number of aliphatic imine (C=N–C) groups is 1. The van der Waals surface area contributed by atoms with Gasteiger partial charge in [-0.3, -0.25) is 0 Å². The first-order valence-corrected chi connectivity index (χ1v) is 5.12. The van der Waals surface area contributed by atoms with Gasteiger partial charge in [0.05, 0.1) is 10.7 Å². The second kappa shape index (κ2) is 5.03. The van der Waals surface area contributed by atoms with Gasteiger partial charge in [0.15, 0.2) is 11.8 Å². The summed E-state index contributed by atoms with van der Waals surface area (Å²) in [6.45, 7) is 0. The van der Waals surface area contributed by atoms with Crippen LogP contribution in [-0.4, -0.2) is 11.1 Å². The van der Waals surface area contributed by atoms with Gasteiger partial charge >= 0.3 is 0 Å². The third-order valence-electron chi connectivity index (χ3n) is 1.88. The monoisotopic (exact) mass is 275 g/mol. The summed E-state index contributed by atoms with van der Waals surface area (Å²) in [5.74, 6) is -0.478. The molecule has 0 heterocycles. The molecular formula is C9H11Cl2N5O. The number of benzene rings is 1. The summed E-state index contributed by atoms with van der Waals surface area (Å²) in [4.78, 5) is 3.59. The minimum absolute atomic E-state index is 0.0235. The van der Waals surface area contributed by atoms with Crippen LogP contribution < -0.4 is 22.9 Å². The van der Waals surface area contributed by atoms with E-state index >= 15 is 0 Å². The fraction of sp³-hybridized carbons (Fsp3) is 0. The maximum Gasteiger partial charge on any atom is 0.192 e. The lowest BCUT2D eigenvalue weighted by Crippen LogP contribution is -2.24. The molecule has 9 N–H and O–H groups in total. The molecule has 0 spiro atoms. The number of hydrogen-bond acceptors (Lipinski definition) is 4. The summed E-state index contributed by atoms with van der Waals surface area (Å²) in [5, 5.41) is 9.36. The number of nitrogens with zero attached hydrogens (tertiary/aromatic N) is 1. The van der Waals surface area contributed by atoms with Gasteiger partial charge in [0, 0.05) is 5.56 Å². The Morgan fingerprint density at radius 1 is 1.06 bits per heavy atom. The van der Waals surface area contributed by atoms with Crippen molar-refractivity contribution < 1.29 is 5.11 Å². The minimum atomic E-state index is -0.230. The van der Waals surface area contributed by atoms with E-state index in [1.807, 2.05) is 0 Å². The fourth-order valence-electron chi connectivity index (χ4n) is 1.08. The molecule has 0 aliphatic rings. The van der Waals surface area contributed by atoms with Crippen LogP contribution in [0.3, 0.4) is 0 Å². The number of phenols is 1. The van der Waals surface area contributed by atoms with Crippen LogP contribution in [0.25, 0.3) is 5.70 Å². The van der Waals surface area contributed by atoms with Crippen LogP contribution in [0.5, 0.6) is 5.75 Å². The van der Waals surface area contributed by atoms with Crippen molar-refractivity contribution in [2.24, 2.45) is 27.9 Å². The Balaban J connectivity index is 3.36. The number of rotatable bonds is 2. The van der Waals surface area contributed by atoms with Crippen LogP contribution in [-0.2, 0) is 0 Å². The molecular weight excluding hydrogens is 265 g/mol. The highest BCUT2D eigenvalue weighted by atomic mass is 35.5. The van der Waals surface area contributed by atoms with Gasteiger partial charge in [-0.1, -0.05) is 23.2 Å². The van der Waals surface area contributed by atoms with Crippen LogP contribution in [0.2, 0.25) is 10.0 Å². The van der Waals surface area contributed by atoms with Gasteiger partial charge < -0.3 is 28.0 Å². The Labute approximate surface area is 107 Å². The SMILES string of the molecule is NC(N)=N/C(N)=C(\N)c1ccc(O)c(Cl)c1Cl. The molecule has 0 saturated carbocycles. The average Bonchev–Trinajstić information content (AvgIpc) is 2.24. The number of aromatic hydroxyl groups is 1. The maximum absolute atomic E-state index is 9.32. The molecule has 0 fully saturated rings. The number of halogens is 2. The van der Waals surface area contributed by atoms with Crippen molar-refractivity contribution in [3.05, 3.63) is 33.6 Å². The molecule has 1 aromatic carbocycles. The third kappa shape index (κ3) is 2.86. The second-order valence-electron chi connectivity index (χ2n) is 3.10. The van der Waals surface area contributed by atoms with Crippen molar-refractivity contribution in [1.29, 1.82) is 0 Å². The lowest BCUT2D eigenvalue weighted by Gasteiger charge is -2.08. The maximum atomic E-state index is 9.32. The van der Waals surface area contributed by atoms with Crippen molar-refractivity contribution in [2.45, 2.75) is 0 Å². The highest BCUT2D eigenvalue weighted by molar-refractivity contribution is 6.44. The summed E-state index contributed by atoms with van der Waals surface area (Å²) in [6.07, 6.45) is 0. The van der Waals surface area contributed by atoms with Gasteiger partial charge in [-0.2, -0.15) is 4.99 Å². The zero-order valence-electron chi connectivity index (χ0n) is 8.61. The standard InChI is InChI=1S/C9H11Cl2N5O/c10-5-3(1-2-4(17)6(5)11)7(12)8(13)16-9(14)15/h1-2,17H,12-13H2,(H4,14,15,16)/b8-7-. The molecule has 0 atom stereocenters. The van der Waals surface area contributed by atoms with Crippen LogP contribution in [0.1, 0.15) is 5.56 Å².